The van der Waals surface area contributed by atoms with Gasteiger partial charge < -0.3 is 4.52 Å². The Labute approximate surface area is 117 Å². The van der Waals surface area contributed by atoms with Crippen molar-refractivity contribution in [3.8, 4) is 0 Å². The molecule has 6 heteroatoms. The van der Waals surface area contributed by atoms with E-state index in [9.17, 15) is 9.36 Å². The number of hydrogen-bond acceptors (Lipinski definition) is 3. The van der Waals surface area contributed by atoms with E-state index in [1.807, 2.05) is 6.07 Å². The molecule has 1 amide bonds. The Morgan fingerprint density at radius 2 is 1.55 bits per heavy atom. The van der Waals surface area contributed by atoms with E-state index in [1.165, 1.54) is 7.11 Å². The number of hydrogen-bond donors (Lipinski definition) is 2. The maximum atomic E-state index is 12.5. The molecule has 0 bridgehead atoms. The second-order valence-corrected chi connectivity index (χ2v) is 5.93. The van der Waals surface area contributed by atoms with E-state index >= 15 is 0 Å². The van der Waals surface area contributed by atoms with Gasteiger partial charge in [-0.25, -0.2) is 4.57 Å². The zero-order valence-electron chi connectivity index (χ0n) is 10.9. The van der Waals surface area contributed by atoms with E-state index in [4.69, 9.17) is 4.52 Å². The first-order valence-corrected chi connectivity index (χ1v) is 7.62. The van der Waals surface area contributed by atoms with Crippen LogP contribution in [-0.2, 0) is 9.09 Å². The van der Waals surface area contributed by atoms with Crippen molar-refractivity contribution in [1.29, 1.82) is 0 Å². The van der Waals surface area contributed by atoms with Crippen molar-refractivity contribution in [2.75, 3.05) is 12.2 Å². The minimum absolute atomic E-state index is 0.416. The Hall–Kier alpha value is -2.10. The highest BCUT2D eigenvalue weighted by molar-refractivity contribution is 7.59. The smallest absolute Gasteiger partial charge is 0.301 e. The first kappa shape index (κ1) is 14.3. The van der Waals surface area contributed by atoms with Crippen molar-refractivity contribution in [3.05, 3.63) is 66.2 Å². The first-order chi connectivity index (χ1) is 9.63. The van der Waals surface area contributed by atoms with Crippen LogP contribution in [0.15, 0.2) is 60.7 Å². The maximum absolute atomic E-state index is 12.5. The molecule has 20 heavy (non-hydrogen) atoms. The Balaban J connectivity index is 2.12. The molecule has 2 rings (SSSR count). The van der Waals surface area contributed by atoms with Gasteiger partial charge in [0.1, 0.15) is 0 Å². The van der Waals surface area contributed by atoms with Crippen LogP contribution in [0, 0.1) is 0 Å². The molecule has 0 heterocycles. The van der Waals surface area contributed by atoms with E-state index in [-0.39, 0.29) is 0 Å². The fraction of sp³-hybridized carbons (Fsp3) is 0.0714. The highest BCUT2D eigenvalue weighted by Gasteiger charge is 2.25. The minimum Gasteiger partial charge on any atom is -0.301 e. The lowest BCUT2D eigenvalue weighted by Gasteiger charge is -2.19. The minimum atomic E-state index is -3.49. The van der Waals surface area contributed by atoms with Crippen molar-refractivity contribution in [2.45, 2.75) is 0 Å². The largest absolute Gasteiger partial charge is 0.394 e. The predicted molar refractivity (Wildman–Crippen MR) is 78.6 cm³/mol. The van der Waals surface area contributed by atoms with Crippen molar-refractivity contribution >= 4 is 19.3 Å². The highest BCUT2D eigenvalue weighted by Crippen LogP contribution is 2.41. The lowest BCUT2D eigenvalue weighted by Crippen LogP contribution is -2.24. The van der Waals surface area contributed by atoms with Crippen molar-refractivity contribution in [1.82, 2.24) is 5.09 Å². The predicted octanol–water partition coefficient (Wildman–Crippen LogP) is 3.28. The van der Waals surface area contributed by atoms with Gasteiger partial charge in [0.05, 0.1) is 0 Å². The van der Waals surface area contributed by atoms with E-state index in [1.54, 1.807) is 54.6 Å². The summed E-state index contributed by atoms with van der Waals surface area (Å²) in [5.41, 5.74) is 1.02. The topological polar surface area (TPSA) is 67.4 Å². The summed E-state index contributed by atoms with van der Waals surface area (Å²) in [6.07, 6.45) is 0. The van der Waals surface area contributed by atoms with E-state index in [0.717, 1.165) is 0 Å². The third-order valence-corrected chi connectivity index (χ3v) is 4.16. The molecule has 2 aromatic carbocycles. The quantitative estimate of drug-likeness (QED) is 0.829. The zero-order chi connectivity index (χ0) is 14.4. The summed E-state index contributed by atoms with van der Waals surface area (Å²) >= 11 is 0. The molecule has 5 nitrogen and oxygen atoms in total. The van der Waals surface area contributed by atoms with Gasteiger partial charge in [-0.15, -0.1) is 0 Å². The zero-order valence-corrected chi connectivity index (χ0v) is 11.8. The number of carbonyl (C=O) groups is 1. The number of anilines is 1. The van der Waals surface area contributed by atoms with E-state index in [0.29, 0.717) is 11.3 Å². The highest BCUT2D eigenvalue weighted by atomic mass is 31.2. The van der Waals surface area contributed by atoms with Crippen LogP contribution in [0.2, 0.25) is 0 Å². The second-order valence-electron chi connectivity index (χ2n) is 4.02. The summed E-state index contributed by atoms with van der Waals surface area (Å²) in [5.74, 6) is -0.459. The lowest BCUT2D eigenvalue weighted by molar-refractivity contribution is 0.0976. The summed E-state index contributed by atoms with van der Waals surface area (Å²) < 4.78 is 17.4. The molecule has 0 aromatic heterocycles. The maximum Gasteiger partial charge on any atom is 0.394 e. The number of carbonyl (C=O) groups excluding carboxylic acids is 1. The average molecular weight is 290 g/mol. The van der Waals surface area contributed by atoms with Gasteiger partial charge in [-0.2, -0.15) is 0 Å². The third kappa shape index (κ3) is 3.70. The Kier molecular flexibility index (Phi) is 4.56. The van der Waals surface area contributed by atoms with Gasteiger partial charge in [-0.05, 0) is 24.3 Å². The molecule has 2 aromatic rings. The van der Waals surface area contributed by atoms with Crippen LogP contribution in [0.25, 0.3) is 0 Å². The second kappa shape index (κ2) is 6.37. The van der Waals surface area contributed by atoms with Crippen LogP contribution in [-0.4, -0.2) is 13.0 Å². The van der Waals surface area contributed by atoms with Crippen LogP contribution >= 0.6 is 7.67 Å². The summed E-state index contributed by atoms with van der Waals surface area (Å²) in [4.78, 5) is 12.0. The normalized spacial score (nSPS) is 13.2. The summed E-state index contributed by atoms with van der Waals surface area (Å²) in [7, 11) is -2.21. The third-order valence-electron chi connectivity index (χ3n) is 2.59. The summed E-state index contributed by atoms with van der Waals surface area (Å²) in [5, 5.41) is 5.10. The number of amides is 1. The fourth-order valence-electron chi connectivity index (χ4n) is 1.59. The number of para-hydroxylation sites is 1. The molecular formula is C14H15N2O3P. The van der Waals surface area contributed by atoms with Crippen molar-refractivity contribution < 1.29 is 13.9 Å². The number of nitrogens with one attached hydrogen (secondary N) is 2. The molecule has 0 saturated carbocycles. The van der Waals surface area contributed by atoms with Gasteiger partial charge in [0.15, 0.2) is 0 Å². The Morgan fingerprint density at radius 1 is 1.00 bits per heavy atom. The SMILES string of the molecule is COP(=O)(NC(=O)c1ccccc1)Nc1ccccc1. The van der Waals surface area contributed by atoms with Gasteiger partial charge in [0.2, 0.25) is 0 Å². The van der Waals surface area contributed by atoms with E-state index < -0.39 is 13.6 Å². The summed E-state index contributed by atoms with van der Waals surface area (Å²) in [6.45, 7) is 0. The van der Waals surface area contributed by atoms with Gasteiger partial charge in [0.25, 0.3) is 5.91 Å². The van der Waals surface area contributed by atoms with Gasteiger partial charge in [-0.3, -0.25) is 15.0 Å². The van der Waals surface area contributed by atoms with Crippen LogP contribution in [0.3, 0.4) is 0 Å². The molecule has 0 saturated heterocycles. The molecule has 0 fully saturated rings. The van der Waals surface area contributed by atoms with Gasteiger partial charge in [-0.1, -0.05) is 36.4 Å². The summed E-state index contributed by atoms with van der Waals surface area (Å²) in [6, 6.07) is 17.4. The van der Waals surface area contributed by atoms with Gasteiger partial charge in [0, 0.05) is 18.4 Å². The molecule has 0 radical (unpaired) electrons. The molecule has 104 valence electrons. The van der Waals surface area contributed by atoms with E-state index in [2.05, 4.69) is 10.2 Å². The molecule has 0 spiro atoms. The number of benzene rings is 2. The molecule has 0 aliphatic carbocycles. The molecular weight excluding hydrogens is 275 g/mol. The van der Waals surface area contributed by atoms with Crippen LogP contribution in [0.5, 0.6) is 0 Å². The van der Waals surface area contributed by atoms with Crippen LogP contribution in [0.1, 0.15) is 10.4 Å². The molecule has 2 N–H and O–H groups in total. The first-order valence-electron chi connectivity index (χ1n) is 6.00. The lowest BCUT2D eigenvalue weighted by atomic mass is 10.2. The Bertz CT molecular complexity index is 617. The van der Waals surface area contributed by atoms with Crippen LogP contribution < -0.4 is 10.2 Å². The molecule has 1 atom stereocenters. The van der Waals surface area contributed by atoms with Crippen molar-refractivity contribution in [3.63, 3.8) is 0 Å². The Morgan fingerprint density at radius 3 is 2.10 bits per heavy atom. The van der Waals surface area contributed by atoms with Crippen LogP contribution in [0.4, 0.5) is 5.69 Å². The monoisotopic (exact) mass is 290 g/mol. The van der Waals surface area contributed by atoms with Crippen molar-refractivity contribution in [2.24, 2.45) is 0 Å². The standard InChI is InChI=1S/C14H15N2O3P/c1-19-20(18,15-13-10-6-3-7-11-13)16-14(17)12-8-4-2-5-9-12/h2-11H,1H3,(H2,15,16,17,18). The van der Waals surface area contributed by atoms with Gasteiger partial charge >= 0.3 is 7.67 Å². The molecule has 1 unspecified atom stereocenters. The number of rotatable bonds is 5. The average Bonchev–Trinajstić information content (AvgIpc) is 2.49. The molecule has 0 aliphatic rings. The molecule has 0 aliphatic heterocycles. The fourth-order valence-corrected chi connectivity index (χ4v) is 2.71.